The molecule has 0 aromatic heterocycles. The summed E-state index contributed by atoms with van der Waals surface area (Å²) in [4.78, 5) is 6.80. The van der Waals surface area contributed by atoms with Gasteiger partial charge in [-0.05, 0) is 76.7 Å². The maximum atomic E-state index is 6.11. The Bertz CT molecular complexity index is 650. The predicted octanol–water partition coefficient (Wildman–Crippen LogP) is 2.95. The summed E-state index contributed by atoms with van der Waals surface area (Å²) in [6.07, 6.45) is 6.26. The summed E-state index contributed by atoms with van der Waals surface area (Å²) < 4.78 is 11.8. The Kier molecular flexibility index (Phi) is 8.62. The van der Waals surface area contributed by atoms with Crippen LogP contribution < -0.4 is 15.4 Å². The van der Waals surface area contributed by atoms with Crippen LogP contribution in [0.15, 0.2) is 23.2 Å². The van der Waals surface area contributed by atoms with E-state index in [1.54, 1.807) is 0 Å². The molecule has 0 amide bonds. The van der Waals surface area contributed by atoms with Gasteiger partial charge in [0, 0.05) is 32.3 Å². The quantitative estimate of drug-likeness (QED) is 0.517. The Labute approximate surface area is 176 Å². The van der Waals surface area contributed by atoms with Crippen LogP contribution in [0.5, 0.6) is 5.75 Å². The Hall–Kier alpha value is -1.79. The second-order valence-corrected chi connectivity index (χ2v) is 8.45. The molecule has 3 rings (SSSR count). The molecule has 0 saturated carbocycles. The van der Waals surface area contributed by atoms with Gasteiger partial charge in [-0.1, -0.05) is 12.1 Å². The molecule has 162 valence electrons. The van der Waals surface area contributed by atoms with Gasteiger partial charge in [0.1, 0.15) is 12.4 Å². The SMILES string of the molecule is CN=C(NCCC1CCN(C)CC1)NCc1ccc(C)cc1OCC1CCCO1. The molecular formula is C23H38N4O2. The number of piperidine rings is 1. The van der Waals surface area contributed by atoms with Gasteiger partial charge in [0.15, 0.2) is 5.96 Å². The number of hydrogen-bond acceptors (Lipinski definition) is 4. The zero-order valence-corrected chi connectivity index (χ0v) is 18.4. The number of nitrogens with zero attached hydrogens (tertiary/aromatic N) is 2. The second kappa shape index (κ2) is 11.4. The third-order valence-electron chi connectivity index (χ3n) is 6.02. The largest absolute Gasteiger partial charge is 0.491 e. The second-order valence-electron chi connectivity index (χ2n) is 8.45. The van der Waals surface area contributed by atoms with Crippen LogP contribution in [0.3, 0.4) is 0 Å². The summed E-state index contributed by atoms with van der Waals surface area (Å²) >= 11 is 0. The fourth-order valence-corrected chi connectivity index (χ4v) is 4.05. The molecule has 29 heavy (non-hydrogen) atoms. The smallest absolute Gasteiger partial charge is 0.191 e. The maximum Gasteiger partial charge on any atom is 0.191 e. The van der Waals surface area contributed by atoms with E-state index in [1.165, 1.54) is 37.9 Å². The molecule has 2 heterocycles. The molecule has 6 heteroatoms. The summed E-state index contributed by atoms with van der Waals surface area (Å²) in [5.74, 6) is 2.62. The monoisotopic (exact) mass is 402 g/mol. The fourth-order valence-electron chi connectivity index (χ4n) is 4.05. The highest BCUT2D eigenvalue weighted by molar-refractivity contribution is 5.79. The first-order valence-corrected chi connectivity index (χ1v) is 11.1. The van der Waals surface area contributed by atoms with Gasteiger partial charge < -0.3 is 25.0 Å². The van der Waals surface area contributed by atoms with E-state index in [2.05, 4.69) is 52.7 Å². The van der Waals surface area contributed by atoms with Crippen molar-refractivity contribution in [2.45, 2.75) is 51.7 Å². The lowest BCUT2D eigenvalue weighted by Gasteiger charge is -2.29. The van der Waals surface area contributed by atoms with Crippen molar-refractivity contribution in [1.82, 2.24) is 15.5 Å². The zero-order valence-electron chi connectivity index (χ0n) is 18.4. The van der Waals surface area contributed by atoms with Gasteiger partial charge in [-0.2, -0.15) is 0 Å². The van der Waals surface area contributed by atoms with E-state index in [-0.39, 0.29) is 6.10 Å². The van der Waals surface area contributed by atoms with E-state index >= 15 is 0 Å². The third-order valence-corrected chi connectivity index (χ3v) is 6.02. The van der Waals surface area contributed by atoms with Crippen molar-refractivity contribution in [2.24, 2.45) is 10.9 Å². The molecule has 1 unspecified atom stereocenters. The lowest BCUT2D eigenvalue weighted by molar-refractivity contribution is 0.0676. The number of hydrogen-bond donors (Lipinski definition) is 2. The first-order chi connectivity index (χ1) is 14.1. The number of nitrogens with one attached hydrogen (secondary N) is 2. The number of ether oxygens (including phenoxy) is 2. The number of likely N-dealkylation sites (tertiary alicyclic amines) is 1. The fraction of sp³-hybridized carbons (Fsp3) is 0.696. The van der Waals surface area contributed by atoms with Crippen molar-refractivity contribution >= 4 is 5.96 Å². The van der Waals surface area contributed by atoms with E-state index in [4.69, 9.17) is 9.47 Å². The van der Waals surface area contributed by atoms with Crippen molar-refractivity contribution in [1.29, 1.82) is 0 Å². The standard InChI is InChI=1S/C23H38N4O2/c1-18-6-7-20(22(15-18)29-17-21-5-4-14-28-21)16-26-23(24-2)25-11-8-19-9-12-27(3)13-10-19/h6-7,15,19,21H,4-5,8-14,16-17H2,1-3H3,(H2,24,25,26). The van der Waals surface area contributed by atoms with Crippen molar-refractivity contribution in [3.05, 3.63) is 29.3 Å². The van der Waals surface area contributed by atoms with Crippen LogP contribution in [0.2, 0.25) is 0 Å². The minimum Gasteiger partial charge on any atom is -0.491 e. The summed E-state index contributed by atoms with van der Waals surface area (Å²) in [5.41, 5.74) is 2.35. The molecule has 1 aromatic rings. The molecular weight excluding hydrogens is 364 g/mol. The van der Waals surface area contributed by atoms with Crippen molar-refractivity contribution in [3.8, 4) is 5.75 Å². The van der Waals surface area contributed by atoms with E-state index in [1.807, 2.05) is 7.05 Å². The van der Waals surface area contributed by atoms with Crippen molar-refractivity contribution in [3.63, 3.8) is 0 Å². The number of guanidine groups is 1. The van der Waals surface area contributed by atoms with Crippen LogP contribution in [0.25, 0.3) is 0 Å². The van der Waals surface area contributed by atoms with Gasteiger partial charge in [0.05, 0.1) is 6.10 Å². The topological polar surface area (TPSA) is 58.1 Å². The number of aliphatic imine (C=N–C) groups is 1. The van der Waals surface area contributed by atoms with E-state index < -0.39 is 0 Å². The van der Waals surface area contributed by atoms with Crippen LogP contribution in [-0.2, 0) is 11.3 Å². The molecule has 2 saturated heterocycles. The normalized spacial score (nSPS) is 21.3. The van der Waals surface area contributed by atoms with Crippen LogP contribution >= 0.6 is 0 Å². The lowest BCUT2D eigenvalue weighted by Crippen LogP contribution is -2.38. The predicted molar refractivity (Wildman–Crippen MR) is 119 cm³/mol. The Balaban J connectivity index is 1.44. The molecule has 0 spiro atoms. The van der Waals surface area contributed by atoms with Gasteiger partial charge in [0.2, 0.25) is 0 Å². The maximum absolute atomic E-state index is 6.11. The Morgan fingerprint density at radius 1 is 1.24 bits per heavy atom. The molecule has 2 fully saturated rings. The molecule has 1 atom stereocenters. The van der Waals surface area contributed by atoms with Crippen LogP contribution in [-0.4, -0.2) is 63.9 Å². The average molecular weight is 403 g/mol. The Morgan fingerprint density at radius 3 is 2.79 bits per heavy atom. The molecule has 2 aliphatic heterocycles. The van der Waals surface area contributed by atoms with Crippen molar-refractivity contribution in [2.75, 3.05) is 46.9 Å². The van der Waals surface area contributed by atoms with Crippen LogP contribution in [0, 0.1) is 12.8 Å². The van der Waals surface area contributed by atoms with E-state index in [9.17, 15) is 0 Å². The highest BCUT2D eigenvalue weighted by Crippen LogP contribution is 2.22. The average Bonchev–Trinajstić information content (AvgIpc) is 3.25. The molecule has 0 aliphatic carbocycles. The highest BCUT2D eigenvalue weighted by atomic mass is 16.5. The van der Waals surface area contributed by atoms with Gasteiger partial charge in [-0.25, -0.2) is 0 Å². The van der Waals surface area contributed by atoms with Gasteiger partial charge >= 0.3 is 0 Å². The van der Waals surface area contributed by atoms with Crippen LogP contribution in [0.4, 0.5) is 0 Å². The van der Waals surface area contributed by atoms with Gasteiger partial charge in [-0.15, -0.1) is 0 Å². The first-order valence-electron chi connectivity index (χ1n) is 11.1. The number of aryl methyl sites for hydroxylation is 1. The molecule has 1 aromatic carbocycles. The Morgan fingerprint density at radius 2 is 2.07 bits per heavy atom. The van der Waals surface area contributed by atoms with Crippen molar-refractivity contribution < 1.29 is 9.47 Å². The van der Waals surface area contributed by atoms with Crippen LogP contribution in [0.1, 0.15) is 43.2 Å². The van der Waals surface area contributed by atoms with E-state index in [0.717, 1.165) is 49.2 Å². The molecule has 2 N–H and O–H groups in total. The number of benzene rings is 1. The summed E-state index contributed by atoms with van der Waals surface area (Å²) in [6, 6.07) is 6.38. The van der Waals surface area contributed by atoms with Gasteiger partial charge in [-0.3, -0.25) is 4.99 Å². The molecule has 6 nitrogen and oxygen atoms in total. The summed E-state index contributed by atoms with van der Waals surface area (Å²) in [6.45, 7) is 7.67. The zero-order chi connectivity index (χ0) is 20.5. The van der Waals surface area contributed by atoms with E-state index in [0.29, 0.717) is 13.2 Å². The minimum atomic E-state index is 0.227. The minimum absolute atomic E-state index is 0.227. The summed E-state index contributed by atoms with van der Waals surface area (Å²) in [5, 5.41) is 6.91. The highest BCUT2D eigenvalue weighted by Gasteiger charge is 2.18. The molecule has 0 bridgehead atoms. The molecule has 2 aliphatic rings. The summed E-state index contributed by atoms with van der Waals surface area (Å²) in [7, 11) is 4.04. The first kappa shape index (κ1) is 21.9. The van der Waals surface area contributed by atoms with Gasteiger partial charge in [0.25, 0.3) is 0 Å². The third kappa shape index (κ3) is 7.19. The lowest BCUT2D eigenvalue weighted by atomic mass is 9.94. The number of rotatable bonds is 8. The molecule has 0 radical (unpaired) electrons.